The molecule has 0 aliphatic rings. The number of amides is 1. The third-order valence-corrected chi connectivity index (χ3v) is 11.1. The summed E-state index contributed by atoms with van der Waals surface area (Å²) >= 11 is 0. The summed E-state index contributed by atoms with van der Waals surface area (Å²) in [5.41, 5.74) is 0. The van der Waals surface area contributed by atoms with Gasteiger partial charge in [0.15, 0.2) is 0 Å². The maximum Gasteiger partial charge on any atom is 0.220 e. The van der Waals surface area contributed by atoms with Crippen LogP contribution in [0.4, 0.5) is 0 Å². The summed E-state index contributed by atoms with van der Waals surface area (Å²) < 4.78 is 0. The minimum atomic E-state index is -0.862. The summed E-state index contributed by atoms with van der Waals surface area (Å²) in [6.45, 7) is 4.12. The molecule has 2 atom stereocenters. The SMILES string of the molecule is CC/C=C\C/C=C\C/C=C\C/C=C\C/C=C\C/C=C\CCCCCCCCCCCCCCCCCCCCCCC(=O)NC(CO)C(O)/C=C/CC/C=C/CCCCC. The van der Waals surface area contributed by atoms with Crippen molar-refractivity contribution in [3.8, 4) is 0 Å². The number of allylic oxidation sites excluding steroid dienone is 15. The highest BCUT2D eigenvalue weighted by atomic mass is 16.3. The molecule has 1 amide bonds. The van der Waals surface area contributed by atoms with Gasteiger partial charge in [0.05, 0.1) is 18.8 Å². The first-order valence-corrected chi connectivity index (χ1v) is 25.5. The highest BCUT2D eigenvalue weighted by molar-refractivity contribution is 5.76. The monoisotopic (exact) mass is 832 g/mol. The van der Waals surface area contributed by atoms with Crippen molar-refractivity contribution in [1.29, 1.82) is 0 Å². The molecule has 4 heteroatoms. The summed E-state index contributed by atoms with van der Waals surface area (Å²) in [5, 5.41) is 22.9. The van der Waals surface area contributed by atoms with E-state index in [1.807, 2.05) is 6.08 Å². The van der Waals surface area contributed by atoms with E-state index in [0.717, 1.165) is 70.6 Å². The maximum atomic E-state index is 12.4. The number of aliphatic hydroxyl groups excluding tert-OH is 2. The standard InChI is InChI=1S/C56H97NO3/c1-3-5-7-9-11-13-14-15-16-17-18-19-20-21-22-23-24-25-26-27-28-29-30-31-32-33-34-35-36-37-38-39-40-41-42-44-46-48-50-52-56(60)57-54(53-58)55(59)51-49-47-45-43-12-10-8-6-4-2/h5,7,11-13,15-16,18-19,21-22,24-25,43,49,51,54-55,58-59H,3-4,6,8-10,14,17,20,23,26-42,44-48,50,52-53H2,1-2H3,(H,57,60)/b7-5-,13-11-,16-15-,19-18-,22-21-,25-24-,43-12+,51-49+. The first kappa shape index (κ1) is 57.3. The van der Waals surface area contributed by atoms with Crippen LogP contribution in [0.2, 0.25) is 0 Å². The molecule has 0 aromatic rings. The van der Waals surface area contributed by atoms with Gasteiger partial charge >= 0.3 is 0 Å². The Morgan fingerprint density at radius 1 is 0.417 bits per heavy atom. The average molecular weight is 832 g/mol. The number of hydrogen-bond acceptors (Lipinski definition) is 3. The highest BCUT2D eigenvalue weighted by Gasteiger charge is 2.17. The number of carbonyl (C=O) groups is 1. The van der Waals surface area contributed by atoms with Gasteiger partial charge in [0.2, 0.25) is 5.91 Å². The summed E-state index contributed by atoms with van der Waals surface area (Å²) in [6, 6.07) is -0.639. The fourth-order valence-electron chi connectivity index (χ4n) is 7.20. The van der Waals surface area contributed by atoms with E-state index >= 15 is 0 Å². The Balaban J connectivity index is 3.45. The second-order valence-corrected chi connectivity index (χ2v) is 16.8. The molecule has 60 heavy (non-hydrogen) atoms. The summed E-state index contributed by atoms with van der Waals surface area (Å²) in [6.07, 6.45) is 75.7. The zero-order valence-corrected chi connectivity index (χ0v) is 39.4. The number of rotatable bonds is 45. The number of carbonyl (C=O) groups excluding carboxylic acids is 1. The molecule has 0 aromatic heterocycles. The Morgan fingerprint density at radius 3 is 1.17 bits per heavy atom. The first-order valence-electron chi connectivity index (χ1n) is 25.5. The zero-order chi connectivity index (χ0) is 43.5. The molecule has 0 aliphatic heterocycles. The Morgan fingerprint density at radius 2 is 0.750 bits per heavy atom. The molecule has 0 fully saturated rings. The zero-order valence-electron chi connectivity index (χ0n) is 39.4. The van der Waals surface area contributed by atoms with Crippen LogP contribution in [0.15, 0.2) is 97.2 Å². The summed E-state index contributed by atoms with van der Waals surface area (Å²) in [5.74, 6) is -0.0776. The van der Waals surface area contributed by atoms with Gasteiger partial charge in [-0.3, -0.25) is 4.79 Å². The lowest BCUT2D eigenvalue weighted by Crippen LogP contribution is -2.45. The highest BCUT2D eigenvalue weighted by Crippen LogP contribution is 2.16. The largest absolute Gasteiger partial charge is 0.394 e. The van der Waals surface area contributed by atoms with Gasteiger partial charge in [-0.25, -0.2) is 0 Å². The van der Waals surface area contributed by atoms with Crippen LogP contribution in [0.3, 0.4) is 0 Å². The number of aliphatic hydroxyl groups is 2. The quantitative estimate of drug-likeness (QED) is 0.0423. The van der Waals surface area contributed by atoms with Crippen LogP contribution >= 0.6 is 0 Å². The molecule has 3 N–H and O–H groups in total. The fourth-order valence-corrected chi connectivity index (χ4v) is 7.20. The Hall–Kier alpha value is -2.69. The normalized spacial score (nSPS) is 13.7. The van der Waals surface area contributed by atoms with Crippen molar-refractivity contribution in [2.45, 2.75) is 244 Å². The van der Waals surface area contributed by atoms with Gasteiger partial charge in [0.1, 0.15) is 0 Å². The van der Waals surface area contributed by atoms with Gasteiger partial charge in [-0.1, -0.05) is 239 Å². The third kappa shape index (κ3) is 46.4. The minimum Gasteiger partial charge on any atom is -0.394 e. The molecule has 0 aliphatic carbocycles. The van der Waals surface area contributed by atoms with Crippen molar-refractivity contribution >= 4 is 5.91 Å². The summed E-state index contributed by atoms with van der Waals surface area (Å²) in [4.78, 5) is 12.4. The van der Waals surface area contributed by atoms with E-state index in [-0.39, 0.29) is 12.5 Å². The smallest absolute Gasteiger partial charge is 0.220 e. The van der Waals surface area contributed by atoms with Gasteiger partial charge in [-0.15, -0.1) is 0 Å². The Labute approximate surface area is 373 Å². The van der Waals surface area contributed by atoms with Crippen LogP contribution in [0.25, 0.3) is 0 Å². The van der Waals surface area contributed by atoms with E-state index < -0.39 is 12.1 Å². The van der Waals surface area contributed by atoms with Crippen molar-refractivity contribution in [2.24, 2.45) is 0 Å². The van der Waals surface area contributed by atoms with E-state index in [0.29, 0.717) is 6.42 Å². The second kappa shape index (κ2) is 50.7. The first-order chi connectivity index (χ1) is 29.7. The van der Waals surface area contributed by atoms with Crippen LogP contribution < -0.4 is 5.32 Å². The van der Waals surface area contributed by atoms with Crippen LogP contribution in [0.1, 0.15) is 232 Å². The van der Waals surface area contributed by atoms with Crippen molar-refractivity contribution in [3.63, 3.8) is 0 Å². The topological polar surface area (TPSA) is 69.6 Å². The van der Waals surface area contributed by atoms with Crippen molar-refractivity contribution in [2.75, 3.05) is 6.61 Å². The van der Waals surface area contributed by atoms with Gasteiger partial charge in [0, 0.05) is 6.42 Å². The molecule has 0 spiro atoms. The predicted molar refractivity (Wildman–Crippen MR) is 266 cm³/mol. The second-order valence-electron chi connectivity index (χ2n) is 16.8. The molecule has 0 saturated carbocycles. The van der Waals surface area contributed by atoms with Crippen molar-refractivity contribution in [1.82, 2.24) is 5.32 Å². The number of hydrogen-bond donors (Lipinski definition) is 3. The molecule has 0 saturated heterocycles. The van der Waals surface area contributed by atoms with E-state index in [4.69, 9.17) is 0 Å². The van der Waals surface area contributed by atoms with Crippen LogP contribution in [0.5, 0.6) is 0 Å². The molecule has 0 rings (SSSR count). The van der Waals surface area contributed by atoms with Gasteiger partial charge in [0.25, 0.3) is 0 Å². The lowest BCUT2D eigenvalue weighted by atomic mass is 10.0. The number of nitrogens with one attached hydrogen (secondary N) is 1. The Bertz CT molecular complexity index is 1130. The molecule has 2 unspecified atom stereocenters. The van der Waals surface area contributed by atoms with Crippen molar-refractivity contribution in [3.05, 3.63) is 97.2 Å². The van der Waals surface area contributed by atoms with Crippen LogP contribution in [-0.4, -0.2) is 34.9 Å². The van der Waals surface area contributed by atoms with Gasteiger partial charge in [-0.05, 0) is 83.5 Å². The molecular formula is C56H97NO3. The van der Waals surface area contributed by atoms with E-state index in [1.165, 1.54) is 141 Å². The van der Waals surface area contributed by atoms with E-state index in [1.54, 1.807) is 6.08 Å². The fraction of sp³-hybridized carbons (Fsp3) is 0.696. The molecule has 0 bridgehead atoms. The lowest BCUT2D eigenvalue weighted by Gasteiger charge is -2.19. The van der Waals surface area contributed by atoms with Crippen LogP contribution in [-0.2, 0) is 4.79 Å². The lowest BCUT2D eigenvalue weighted by molar-refractivity contribution is -0.123. The average Bonchev–Trinajstić information content (AvgIpc) is 3.25. The van der Waals surface area contributed by atoms with Gasteiger partial charge in [-0.2, -0.15) is 0 Å². The predicted octanol–water partition coefficient (Wildman–Crippen LogP) is 16.6. The molecular weight excluding hydrogens is 735 g/mol. The maximum absolute atomic E-state index is 12.4. The minimum absolute atomic E-state index is 0.0776. The van der Waals surface area contributed by atoms with E-state index in [2.05, 4.69) is 104 Å². The van der Waals surface area contributed by atoms with E-state index in [9.17, 15) is 15.0 Å². The molecule has 0 heterocycles. The van der Waals surface area contributed by atoms with Crippen LogP contribution in [0, 0.1) is 0 Å². The Kier molecular flexibility index (Phi) is 48.4. The molecule has 0 aromatic carbocycles. The van der Waals surface area contributed by atoms with Gasteiger partial charge < -0.3 is 15.5 Å². The molecule has 4 nitrogen and oxygen atoms in total. The van der Waals surface area contributed by atoms with Crippen molar-refractivity contribution < 1.29 is 15.0 Å². The third-order valence-electron chi connectivity index (χ3n) is 11.1. The molecule has 0 radical (unpaired) electrons. The number of unbranched alkanes of at least 4 members (excludes halogenated alkanes) is 24. The molecule has 344 valence electrons. The summed E-state index contributed by atoms with van der Waals surface area (Å²) in [7, 11) is 0.